The highest BCUT2D eigenvalue weighted by molar-refractivity contribution is 9.10. The first-order chi connectivity index (χ1) is 11.0. The molecule has 7 heteroatoms. The zero-order chi connectivity index (χ0) is 16.8. The van der Waals surface area contributed by atoms with E-state index in [1.807, 2.05) is 24.3 Å². The van der Waals surface area contributed by atoms with Gasteiger partial charge >= 0.3 is 5.97 Å². The summed E-state index contributed by atoms with van der Waals surface area (Å²) >= 11 is 3.34. The monoisotopic (exact) mass is 379 g/mol. The quantitative estimate of drug-likeness (QED) is 0.434. The average Bonchev–Trinajstić information content (AvgIpc) is 2.55. The van der Waals surface area contributed by atoms with E-state index >= 15 is 0 Å². The van der Waals surface area contributed by atoms with Crippen molar-refractivity contribution in [2.24, 2.45) is 0 Å². The van der Waals surface area contributed by atoms with Crippen LogP contribution in [-0.4, -0.2) is 18.2 Å². The molecule has 0 aliphatic rings. The molecule has 120 valence electrons. The van der Waals surface area contributed by atoms with E-state index in [1.165, 1.54) is 7.11 Å². The molecule has 0 saturated heterocycles. The zero-order valence-corrected chi connectivity index (χ0v) is 13.9. The first-order valence-corrected chi connectivity index (χ1v) is 7.53. The van der Waals surface area contributed by atoms with E-state index in [4.69, 9.17) is 9.57 Å². The number of nitrogens with zero attached hydrogens (tertiary/aromatic N) is 1. The summed E-state index contributed by atoms with van der Waals surface area (Å²) in [7, 11) is 1.26. The van der Waals surface area contributed by atoms with Crippen LogP contribution in [0.15, 0.2) is 53.0 Å². The Morgan fingerprint density at radius 1 is 1.22 bits per heavy atom. The van der Waals surface area contributed by atoms with Gasteiger partial charge in [-0.3, -0.25) is 0 Å². The van der Waals surface area contributed by atoms with E-state index in [9.17, 15) is 14.9 Å². The molecule has 0 aliphatic carbocycles. The van der Waals surface area contributed by atoms with Crippen molar-refractivity contribution in [1.29, 1.82) is 0 Å². The van der Waals surface area contributed by atoms with Gasteiger partial charge in [-0.15, -0.1) is 10.1 Å². The molecular formula is C16H14BrNO5. The first-order valence-electron chi connectivity index (χ1n) is 6.74. The Morgan fingerprint density at radius 2 is 1.87 bits per heavy atom. The van der Waals surface area contributed by atoms with Crippen LogP contribution < -0.4 is 0 Å². The molecule has 0 bridgehead atoms. The molecule has 6 nitrogen and oxygen atoms in total. The third-order valence-corrected chi connectivity index (χ3v) is 3.79. The van der Waals surface area contributed by atoms with Gasteiger partial charge in [-0.05, 0) is 29.3 Å². The number of methoxy groups -OCH3 is 1. The van der Waals surface area contributed by atoms with Gasteiger partial charge < -0.3 is 9.57 Å². The van der Waals surface area contributed by atoms with E-state index in [0.29, 0.717) is 5.56 Å². The molecule has 23 heavy (non-hydrogen) atoms. The Bertz CT molecular complexity index is 702. The summed E-state index contributed by atoms with van der Waals surface area (Å²) in [6.45, 7) is 0. The van der Waals surface area contributed by atoms with Crippen LogP contribution >= 0.6 is 15.9 Å². The number of benzene rings is 2. The predicted octanol–water partition coefficient (Wildman–Crippen LogP) is 3.73. The van der Waals surface area contributed by atoms with Gasteiger partial charge in [-0.2, -0.15) is 0 Å². The maximum atomic E-state index is 11.9. The molecule has 2 aromatic rings. The second kappa shape index (κ2) is 7.73. The highest BCUT2D eigenvalue weighted by Gasteiger charge is 2.23. The summed E-state index contributed by atoms with van der Waals surface area (Å²) in [5.74, 6) is -0.562. The second-order valence-electron chi connectivity index (χ2n) is 4.73. The molecule has 0 spiro atoms. The number of rotatable bonds is 6. The molecule has 1 unspecified atom stereocenters. The summed E-state index contributed by atoms with van der Waals surface area (Å²) in [6.07, 6.45) is -0.649. The normalized spacial score (nSPS) is 11.6. The van der Waals surface area contributed by atoms with Crippen LogP contribution in [0, 0.1) is 10.1 Å². The van der Waals surface area contributed by atoms with E-state index in [0.717, 1.165) is 10.0 Å². The van der Waals surface area contributed by atoms with E-state index in [-0.39, 0.29) is 12.0 Å². The molecule has 2 aromatic carbocycles. The Labute approximate surface area is 141 Å². The Balaban J connectivity index is 2.37. The van der Waals surface area contributed by atoms with E-state index in [2.05, 4.69) is 15.9 Å². The number of hydrogen-bond donors (Lipinski definition) is 0. The largest absolute Gasteiger partial charge is 0.465 e. The standard InChI is InChI=1S/C16H14BrNO5/c1-22-16(19)14-5-3-2-4-13(14)15(23-18(20)21)10-11-6-8-12(17)9-7-11/h2-9,15H,10H2,1H3. The lowest BCUT2D eigenvalue weighted by molar-refractivity contribution is -0.771. The van der Waals surface area contributed by atoms with Crippen molar-refractivity contribution < 1.29 is 19.5 Å². The SMILES string of the molecule is COC(=O)c1ccccc1C(Cc1ccc(Br)cc1)O[N+](=O)[O-]. The maximum absolute atomic E-state index is 11.9. The van der Waals surface area contributed by atoms with Gasteiger partial charge in [-0.25, -0.2) is 4.79 Å². The van der Waals surface area contributed by atoms with Gasteiger partial charge in [0.15, 0.2) is 0 Å². The highest BCUT2D eigenvalue weighted by atomic mass is 79.9. The first kappa shape index (κ1) is 17.0. The minimum Gasteiger partial charge on any atom is -0.465 e. The number of halogens is 1. The van der Waals surface area contributed by atoms with Crippen LogP contribution in [0.2, 0.25) is 0 Å². The lowest BCUT2D eigenvalue weighted by atomic mass is 9.97. The topological polar surface area (TPSA) is 78.7 Å². The smallest absolute Gasteiger partial charge is 0.338 e. The van der Waals surface area contributed by atoms with Gasteiger partial charge in [0.1, 0.15) is 6.10 Å². The van der Waals surface area contributed by atoms with E-state index < -0.39 is 17.2 Å². The fourth-order valence-electron chi connectivity index (χ4n) is 2.22. The van der Waals surface area contributed by atoms with Crippen molar-refractivity contribution in [3.8, 4) is 0 Å². The molecule has 0 aliphatic heterocycles. The summed E-state index contributed by atoms with van der Waals surface area (Å²) < 4.78 is 5.63. The number of carbonyl (C=O) groups excluding carboxylic acids is 1. The Morgan fingerprint density at radius 3 is 2.48 bits per heavy atom. The van der Waals surface area contributed by atoms with Crippen LogP contribution in [0.1, 0.15) is 27.6 Å². The van der Waals surface area contributed by atoms with Gasteiger partial charge in [0.25, 0.3) is 5.09 Å². The summed E-state index contributed by atoms with van der Waals surface area (Å²) in [6, 6.07) is 13.9. The fourth-order valence-corrected chi connectivity index (χ4v) is 2.48. The molecule has 0 aromatic heterocycles. The summed E-state index contributed by atoms with van der Waals surface area (Å²) in [5.41, 5.74) is 1.51. The number of hydrogen-bond acceptors (Lipinski definition) is 5. The summed E-state index contributed by atoms with van der Waals surface area (Å²) in [5, 5.41) is 9.99. The van der Waals surface area contributed by atoms with E-state index in [1.54, 1.807) is 24.3 Å². The Hall–Kier alpha value is -2.41. The van der Waals surface area contributed by atoms with Crippen molar-refractivity contribution in [2.75, 3.05) is 7.11 Å². The minimum atomic E-state index is -0.901. The van der Waals surface area contributed by atoms with Gasteiger partial charge in [-0.1, -0.05) is 46.3 Å². The third kappa shape index (κ3) is 4.53. The van der Waals surface area contributed by atoms with Crippen LogP contribution in [0.3, 0.4) is 0 Å². The molecule has 0 amide bonds. The van der Waals surface area contributed by atoms with Crippen molar-refractivity contribution in [2.45, 2.75) is 12.5 Å². The van der Waals surface area contributed by atoms with Crippen LogP contribution in [0.5, 0.6) is 0 Å². The molecular weight excluding hydrogens is 366 g/mol. The molecule has 0 heterocycles. The molecule has 0 fully saturated rings. The molecule has 0 saturated carbocycles. The third-order valence-electron chi connectivity index (χ3n) is 3.26. The van der Waals surface area contributed by atoms with Crippen molar-refractivity contribution >= 4 is 21.9 Å². The lowest BCUT2D eigenvalue weighted by Crippen LogP contribution is -2.16. The second-order valence-corrected chi connectivity index (χ2v) is 5.64. The lowest BCUT2D eigenvalue weighted by Gasteiger charge is -2.18. The molecule has 1 atom stereocenters. The minimum absolute atomic E-state index is 0.249. The van der Waals surface area contributed by atoms with Gasteiger partial charge in [0.2, 0.25) is 0 Å². The summed E-state index contributed by atoms with van der Waals surface area (Å²) in [4.78, 5) is 27.5. The molecule has 0 N–H and O–H groups in total. The van der Waals surface area contributed by atoms with Crippen LogP contribution in [0.25, 0.3) is 0 Å². The Kier molecular flexibility index (Phi) is 5.70. The maximum Gasteiger partial charge on any atom is 0.338 e. The van der Waals surface area contributed by atoms with Crippen LogP contribution in [0.4, 0.5) is 0 Å². The molecule has 2 rings (SSSR count). The number of ether oxygens (including phenoxy) is 1. The van der Waals surface area contributed by atoms with Crippen LogP contribution in [-0.2, 0) is 16.0 Å². The predicted molar refractivity (Wildman–Crippen MR) is 86.4 cm³/mol. The zero-order valence-electron chi connectivity index (χ0n) is 12.3. The average molecular weight is 380 g/mol. The fraction of sp³-hybridized carbons (Fsp3) is 0.188. The van der Waals surface area contributed by atoms with Crippen molar-refractivity contribution in [3.05, 3.63) is 79.8 Å². The number of esters is 1. The highest BCUT2D eigenvalue weighted by Crippen LogP contribution is 2.27. The molecule has 0 radical (unpaired) electrons. The van der Waals surface area contributed by atoms with Gasteiger partial charge in [0, 0.05) is 10.9 Å². The number of carbonyl (C=O) groups is 1. The van der Waals surface area contributed by atoms with Crippen molar-refractivity contribution in [1.82, 2.24) is 0 Å². The van der Waals surface area contributed by atoms with Gasteiger partial charge in [0.05, 0.1) is 12.7 Å². The van der Waals surface area contributed by atoms with Crippen molar-refractivity contribution in [3.63, 3.8) is 0 Å².